The van der Waals surface area contributed by atoms with Crippen molar-refractivity contribution in [2.24, 2.45) is 7.05 Å². The van der Waals surface area contributed by atoms with Gasteiger partial charge in [0.1, 0.15) is 24.0 Å². The van der Waals surface area contributed by atoms with Crippen molar-refractivity contribution < 1.29 is 14.2 Å². The van der Waals surface area contributed by atoms with Gasteiger partial charge in [0.15, 0.2) is 17.1 Å². The van der Waals surface area contributed by atoms with Gasteiger partial charge in [-0.3, -0.25) is 14.0 Å². The van der Waals surface area contributed by atoms with E-state index in [-0.39, 0.29) is 17.7 Å². The Morgan fingerprint density at radius 3 is 2.55 bits per heavy atom. The van der Waals surface area contributed by atoms with E-state index < -0.39 is 0 Å². The standard InChI is InChI=1S/C29H35N9O4/c1-34-24-26(32-28(30)38-27(24)31-25(33-38)23-4-2-3-17-41-23)37(29(34)39)16-13-35-11-14-36(15-12-35)20-5-7-21(8-6-20)42-22-9-18-40-19-10-22/h2-8,22H,9-19H2,1H3,(H2,30,32). The Balaban J connectivity index is 1.02. The molecule has 6 heterocycles. The highest BCUT2D eigenvalue weighted by molar-refractivity contribution is 5.87. The second kappa shape index (κ2) is 11.1. The number of hydrogen-bond acceptors (Lipinski definition) is 10. The van der Waals surface area contributed by atoms with Gasteiger partial charge in [-0.1, -0.05) is 6.08 Å². The summed E-state index contributed by atoms with van der Waals surface area (Å²) in [5, 5.41) is 4.49. The lowest BCUT2D eigenvalue weighted by atomic mass is 10.1. The number of allylic oxidation sites excluding steroid dienone is 2. The second-order valence-corrected chi connectivity index (χ2v) is 10.8. The van der Waals surface area contributed by atoms with Gasteiger partial charge in [0.2, 0.25) is 11.8 Å². The molecule has 0 bridgehead atoms. The Bertz CT molecular complexity index is 1710. The molecule has 42 heavy (non-hydrogen) atoms. The lowest BCUT2D eigenvalue weighted by Crippen LogP contribution is -2.47. The number of benzene rings is 1. The molecule has 3 aliphatic heterocycles. The minimum atomic E-state index is -0.160. The van der Waals surface area contributed by atoms with E-state index in [0.29, 0.717) is 41.5 Å². The SMILES string of the molecule is Cn1c(=O)n(CCN2CCN(c3ccc(OC4CCOCC4)cc3)CC2)c2nc(N)n3nc(C4=CC=CCO4)nc3c21. The summed E-state index contributed by atoms with van der Waals surface area (Å²) in [6.45, 7) is 6.83. The molecule has 0 unspecified atom stereocenters. The topological polar surface area (TPSA) is 130 Å². The molecule has 13 nitrogen and oxygen atoms in total. The average Bonchev–Trinajstić information content (AvgIpc) is 3.58. The summed E-state index contributed by atoms with van der Waals surface area (Å²) in [5.74, 6) is 2.03. The van der Waals surface area contributed by atoms with E-state index in [4.69, 9.17) is 19.9 Å². The summed E-state index contributed by atoms with van der Waals surface area (Å²) in [4.78, 5) is 27.3. The predicted molar refractivity (Wildman–Crippen MR) is 159 cm³/mol. The highest BCUT2D eigenvalue weighted by Gasteiger charge is 2.23. The summed E-state index contributed by atoms with van der Waals surface area (Å²) < 4.78 is 21.9. The number of piperazine rings is 1. The van der Waals surface area contributed by atoms with E-state index in [0.717, 1.165) is 64.5 Å². The van der Waals surface area contributed by atoms with Crippen LogP contribution >= 0.6 is 0 Å². The number of anilines is 2. The van der Waals surface area contributed by atoms with Crippen LogP contribution in [0.1, 0.15) is 18.7 Å². The molecule has 2 saturated heterocycles. The van der Waals surface area contributed by atoms with Gasteiger partial charge in [-0.05, 0) is 36.4 Å². The number of nitrogens with zero attached hydrogens (tertiary/aromatic N) is 8. The van der Waals surface area contributed by atoms with E-state index in [1.54, 1.807) is 22.3 Å². The maximum Gasteiger partial charge on any atom is 0.330 e. The molecule has 0 saturated carbocycles. The lowest BCUT2D eigenvalue weighted by molar-refractivity contribution is 0.0256. The molecule has 2 N–H and O–H groups in total. The molecule has 0 spiro atoms. The third-order valence-electron chi connectivity index (χ3n) is 8.20. The molecule has 4 aromatic rings. The number of rotatable bonds is 7. The number of nitrogens with two attached hydrogens (primary N) is 1. The van der Waals surface area contributed by atoms with Gasteiger partial charge >= 0.3 is 5.69 Å². The molecule has 0 aliphatic carbocycles. The van der Waals surface area contributed by atoms with Gasteiger partial charge < -0.3 is 24.8 Å². The van der Waals surface area contributed by atoms with Crippen LogP contribution in [0.3, 0.4) is 0 Å². The van der Waals surface area contributed by atoms with Crippen LogP contribution in [0.2, 0.25) is 0 Å². The third-order valence-corrected chi connectivity index (χ3v) is 8.20. The largest absolute Gasteiger partial charge is 0.490 e. The van der Waals surface area contributed by atoms with Crippen LogP contribution in [0.25, 0.3) is 22.6 Å². The molecule has 13 heteroatoms. The fourth-order valence-electron chi connectivity index (χ4n) is 5.82. The Morgan fingerprint density at radius 1 is 1.02 bits per heavy atom. The van der Waals surface area contributed by atoms with Crippen molar-refractivity contribution in [2.45, 2.75) is 25.5 Å². The van der Waals surface area contributed by atoms with Gasteiger partial charge in [0.05, 0.1) is 13.2 Å². The molecule has 3 aliphatic rings. The summed E-state index contributed by atoms with van der Waals surface area (Å²) in [5.41, 5.74) is 8.89. The van der Waals surface area contributed by atoms with Crippen LogP contribution in [0.5, 0.6) is 5.75 Å². The van der Waals surface area contributed by atoms with Crippen molar-refractivity contribution in [3.63, 3.8) is 0 Å². The summed E-state index contributed by atoms with van der Waals surface area (Å²) in [6, 6.07) is 8.41. The Morgan fingerprint density at radius 2 is 1.81 bits per heavy atom. The molecule has 3 aromatic heterocycles. The van der Waals surface area contributed by atoms with E-state index >= 15 is 0 Å². The molecule has 0 radical (unpaired) electrons. The van der Waals surface area contributed by atoms with Crippen molar-refractivity contribution in [2.75, 3.05) is 63.2 Å². The summed E-state index contributed by atoms with van der Waals surface area (Å²) in [6.07, 6.45) is 7.72. The van der Waals surface area contributed by atoms with E-state index in [9.17, 15) is 4.79 Å². The molecule has 220 valence electrons. The van der Waals surface area contributed by atoms with Crippen molar-refractivity contribution in [3.8, 4) is 5.75 Å². The summed E-state index contributed by atoms with van der Waals surface area (Å²) >= 11 is 0. The van der Waals surface area contributed by atoms with Crippen molar-refractivity contribution in [3.05, 3.63) is 58.8 Å². The number of nitrogen functional groups attached to an aromatic ring is 1. The quantitative estimate of drug-likeness (QED) is 0.348. The Kier molecular flexibility index (Phi) is 7.04. The number of ether oxygens (including phenoxy) is 3. The first kappa shape index (κ1) is 26.5. The first-order chi connectivity index (χ1) is 20.5. The molecule has 1 aromatic carbocycles. The van der Waals surface area contributed by atoms with Crippen molar-refractivity contribution >= 4 is 34.2 Å². The minimum Gasteiger partial charge on any atom is -0.490 e. The van der Waals surface area contributed by atoms with E-state index in [2.05, 4.69) is 49.1 Å². The van der Waals surface area contributed by atoms with Gasteiger partial charge in [-0.15, -0.1) is 5.10 Å². The molecular weight excluding hydrogens is 538 g/mol. The Labute approximate surface area is 242 Å². The predicted octanol–water partition coefficient (Wildman–Crippen LogP) is 1.67. The molecular formula is C29H35N9O4. The molecule has 0 atom stereocenters. The zero-order valence-electron chi connectivity index (χ0n) is 23.7. The van der Waals surface area contributed by atoms with Gasteiger partial charge in [-0.2, -0.15) is 9.50 Å². The monoisotopic (exact) mass is 573 g/mol. The fourth-order valence-corrected chi connectivity index (χ4v) is 5.82. The molecule has 2 fully saturated rings. The lowest BCUT2D eigenvalue weighted by Gasteiger charge is -2.36. The van der Waals surface area contributed by atoms with Crippen LogP contribution in [0.4, 0.5) is 11.6 Å². The first-order valence-electron chi connectivity index (χ1n) is 14.5. The van der Waals surface area contributed by atoms with Crippen LogP contribution in [-0.2, 0) is 23.1 Å². The fraction of sp³-hybridized carbons (Fsp3) is 0.448. The average molecular weight is 574 g/mol. The van der Waals surface area contributed by atoms with Gasteiger partial charge in [0, 0.05) is 64.8 Å². The first-order valence-corrected chi connectivity index (χ1v) is 14.5. The highest BCUT2D eigenvalue weighted by atomic mass is 16.5. The highest BCUT2D eigenvalue weighted by Crippen LogP contribution is 2.25. The van der Waals surface area contributed by atoms with E-state index in [1.165, 1.54) is 10.2 Å². The maximum atomic E-state index is 13.3. The minimum absolute atomic E-state index is 0.160. The number of hydrogen-bond donors (Lipinski definition) is 1. The number of aryl methyl sites for hydroxylation is 1. The maximum absolute atomic E-state index is 13.3. The smallest absolute Gasteiger partial charge is 0.330 e. The Hall–Kier alpha value is -4.36. The van der Waals surface area contributed by atoms with Crippen LogP contribution < -0.4 is 21.1 Å². The number of imidazole rings is 1. The van der Waals surface area contributed by atoms with Gasteiger partial charge in [0.25, 0.3) is 0 Å². The van der Waals surface area contributed by atoms with Crippen LogP contribution in [0.15, 0.2) is 47.3 Å². The number of fused-ring (bicyclic) bond motifs is 3. The third kappa shape index (κ3) is 4.98. The van der Waals surface area contributed by atoms with Crippen LogP contribution in [-0.4, -0.2) is 92.3 Å². The zero-order valence-corrected chi connectivity index (χ0v) is 23.7. The zero-order chi connectivity index (χ0) is 28.6. The molecule has 7 rings (SSSR count). The number of aromatic nitrogens is 6. The van der Waals surface area contributed by atoms with Crippen molar-refractivity contribution in [1.29, 1.82) is 0 Å². The van der Waals surface area contributed by atoms with Crippen molar-refractivity contribution in [1.82, 2.24) is 33.6 Å². The van der Waals surface area contributed by atoms with E-state index in [1.807, 2.05) is 12.2 Å². The van der Waals surface area contributed by atoms with Crippen LogP contribution in [0, 0.1) is 0 Å². The normalized spacial score (nSPS) is 18.5. The summed E-state index contributed by atoms with van der Waals surface area (Å²) in [7, 11) is 1.73. The molecule has 0 amide bonds. The van der Waals surface area contributed by atoms with Gasteiger partial charge in [-0.25, -0.2) is 9.78 Å². The second-order valence-electron chi connectivity index (χ2n) is 10.8.